The van der Waals surface area contributed by atoms with Crippen LogP contribution in [0.3, 0.4) is 0 Å². The molecule has 150 valence electrons. The van der Waals surface area contributed by atoms with Crippen LogP contribution in [-0.2, 0) is 6.42 Å². The minimum absolute atomic E-state index is 0.0341. The van der Waals surface area contributed by atoms with Gasteiger partial charge in [-0.2, -0.15) is 0 Å². The molecule has 0 heterocycles. The highest BCUT2D eigenvalue weighted by Gasteiger charge is 2.20. The van der Waals surface area contributed by atoms with Crippen molar-refractivity contribution >= 4 is 5.91 Å². The molecule has 28 heavy (non-hydrogen) atoms. The lowest BCUT2D eigenvalue weighted by atomic mass is 10.1. The van der Waals surface area contributed by atoms with Gasteiger partial charge in [-0.3, -0.25) is 4.79 Å². The molecule has 4 nitrogen and oxygen atoms in total. The van der Waals surface area contributed by atoms with E-state index in [4.69, 9.17) is 9.47 Å². The minimum Gasteiger partial charge on any atom is -0.493 e. The highest BCUT2D eigenvalue weighted by Crippen LogP contribution is 2.32. The fourth-order valence-corrected chi connectivity index (χ4v) is 3.48. The van der Waals surface area contributed by atoms with E-state index in [0.29, 0.717) is 17.1 Å². The van der Waals surface area contributed by atoms with E-state index in [1.807, 2.05) is 0 Å². The number of benzene rings is 2. The molecular weight excluding hydrogens is 364 g/mol. The van der Waals surface area contributed by atoms with Crippen LogP contribution >= 0.6 is 0 Å². The van der Waals surface area contributed by atoms with Gasteiger partial charge in [-0.15, -0.1) is 0 Å². The van der Waals surface area contributed by atoms with Crippen molar-refractivity contribution in [1.82, 2.24) is 5.32 Å². The predicted octanol–water partition coefficient (Wildman–Crippen LogP) is 4.66. The van der Waals surface area contributed by atoms with E-state index in [1.54, 1.807) is 25.1 Å². The molecule has 1 aliphatic rings. The molecule has 1 unspecified atom stereocenters. The first-order chi connectivity index (χ1) is 13.5. The first kappa shape index (κ1) is 20.1. The van der Waals surface area contributed by atoms with Crippen LogP contribution in [0, 0.1) is 11.6 Å². The second kappa shape index (κ2) is 9.04. The Hall–Kier alpha value is -2.63. The molecule has 1 aliphatic carbocycles. The Morgan fingerprint density at radius 1 is 1.14 bits per heavy atom. The van der Waals surface area contributed by atoms with E-state index in [2.05, 4.69) is 5.32 Å². The van der Waals surface area contributed by atoms with Crippen LogP contribution in [0.15, 0.2) is 36.4 Å². The number of methoxy groups -OCH3 is 1. The number of carbonyl (C=O) groups excluding carboxylic acids is 1. The summed E-state index contributed by atoms with van der Waals surface area (Å²) in [5, 5.41) is 2.77. The van der Waals surface area contributed by atoms with Gasteiger partial charge in [-0.05, 0) is 69.4 Å². The van der Waals surface area contributed by atoms with Gasteiger partial charge in [0.25, 0.3) is 5.91 Å². The highest BCUT2D eigenvalue weighted by atomic mass is 19.1. The number of carbonyl (C=O) groups is 1. The maximum absolute atomic E-state index is 13.8. The lowest BCUT2D eigenvalue weighted by Gasteiger charge is -2.18. The molecule has 2 aromatic carbocycles. The van der Waals surface area contributed by atoms with Crippen LogP contribution in [0.2, 0.25) is 0 Å². The summed E-state index contributed by atoms with van der Waals surface area (Å²) in [6.45, 7) is 1.71. The number of hydrogen-bond donors (Lipinski definition) is 1. The molecule has 0 aromatic heterocycles. The Kier molecular flexibility index (Phi) is 6.49. The fourth-order valence-electron chi connectivity index (χ4n) is 3.48. The van der Waals surface area contributed by atoms with Crippen LogP contribution in [0.1, 0.15) is 48.5 Å². The third-order valence-corrected chi connectivity index (χ3v) is 4.97. The molecule has 3 rings (SSSR count). The molecule has 0 aliphatic heterocycles. The Balaban J connectivity index is 1.66. The van der Waals surface area contributed by atoms with Crippen molar-refractivity contribution in [1.29, 1.82) is 0 Å². The van der Waals surface area contributed by atoms with Gasteiger partial charge < -0.3 is 14.8 Å². The number of nitrogens with one attached hydrogen (secondary N) is 1. The number of amides is 1. The van der Waals surface area contributed by atoms with Crippen molar-refractivity contribution in [2.75, 3.05) is 7.11 Å². The number of rotatable bonds is 7. The van der Waals surface area contributed by atoms with Crippen molar-refractivity contribution in [2.45, 2.75) is 51.2 Å². The van der Waals surface area contributed by atoms with E-state index < -0.39 is 17.7 Å². The Labute approximate surface area is 163 Å². The zero-order valence-corrected chi connectivity index (χ0v) is 16.1. The van der Waals surface area contributed by atoms with Crippen LogP contribution in [0.4, 0.5) is 8.78 Å². The van der Waals surface area contributed by atoms with Gasteiger partial charge in [0, 0.05) is 17.2 Å². The third-order valence-electron chi connectivity index (χ3n) is 4.97. The molecule has 1 atom stereocenters. The van der Waals surface area contributed by atoms with Gasteiger partial charge in [0.05, 0.1) is 13.2 Å². The number of hydrogen-bond acceptors (Lipinski definition) is 3. The largest absolute Gasteiger partial charge is 0.493 e. The smallest absolute Gasteiger partial charge is 0.251 e. The Morgan fingerprint density at radius 2 is 1.82 bits per heavy atom. The quantitative estimate of drug-likeness (QED) is 0.750. The second-order valence-electron chi connectivity index (χ2n) is 7.17. The Bertz CT molecular complexity index is 814. The van der Waals surface area contributed by atoms with E-state index in [1.165, 1.54) is 25.3 Å². The van der Waals surface area contributed by atoms with Crippen molar-refractivity contribution in [3.63, 3.8) is 0 Å². The minimum atomic E-state index is -0.615. The fraction of sp³-hybridized carbons (Fsp3) is 0.409. The van der Waals surface area contributed by atoms with Gasteiger partial charge in [0.2, 0.25) is 0 Å². The molecule has 0 spiro atoms. The predicted molar refractivity (Wildman–Crippen MR) is 103 cm³/mol. The number of ether oxygens (including phenoxy) is 2. The summed E-state index contributed by atoms with van der Waals surface area (Å²) in [5.41, 5.74) is 0.365. The summed E-state index contributed by atoms with van der Waals surface area (Å²) in [5.74, 6) is -0.456. The molecule has 1 N–H and O–H groups in total. The molecule has 0 saturated heterocycles. The molecule has 0 bridgehead atoms. The maximum Gasteiger partial charge on any atom is 0.251 e. The summed E-state index contributed by atoms with van der Waals surface area (Å²) >= 11 is 0. The summed E-state index contributed by atoms with van der Waals surface area (Å²) < 4.78 is 38.9. The average molecular weight is 389 g/mol. The molecular formula is C22H25F2NO3. The molecule has 6 heteroatoms. The SMILES string of the molecule is COc1cc(C(=O)NC(C)Cc2c(F)cccc2F)ccc1OC1CCCC1. The maximum atomic E-state index is 13.8. The van der Waals surface area contributed by atoms with E-state index in [9.17, 15) is 13.6 Å². The van der Waals surface area contributed by atoms with Crippen molar-refractivity contribution < 1.29 is 23.0 Å². The molecule has 2 aromatic rings. The van der Waals surface area contributed by atoms with E-state index in [-0.39, 0.29) is 24.0 Å². The first-order valence-electron chi connectivity index (χ1n) is 9.56. The van der Waals surface area contributed by atoms with E-state index >= 15 is 0 Å². The normalized spacial score (nSPS) is 15.3. The highest BCUT2D eigenvalue weighted by molar-refractivity contribution is 5.95. The standard InChI is InChI=1S/C22H25F2NO3/c1-14(12-17-18(23)8-5-9-19(17)24)25-22(26)15-10-11-20(21(13-15)27-2)28-16-6-3-4-7-16/h5,8-11,13-14,16H,3-4,6-7,12H2,1-2H3,(H,25,26). The summed E-state index contributed by atoms with van der Waals surface area (Å²) in [4.78, 5) is 12.5. The van der Waals surface area contributed by atoms with Gasteiger partial charge >= 0.3 is 0 Å². The van der Waals surface area contributed by atoms with Crippen LogP contribution in [0.25, 0.3) is 0 Å². The van der Waals surface area contributed by atoms with Gasteiger partial charge in [-0.25, -0.2) is 8.78 Å². The summed E-state index contributed by atoms with van der Waals surface area (Å²) in [6, 6.07) is 8.31. The summed E-state index contributed by atoms with van der Waals surface area (Å²) in [7, 11) is 1.53. The molecule has 0 radical (unpaired) electrons. The summed E-state index contributed by atoms with van der Waals surface area (Å²) in [6.07, 6.45) is 4.61. The molecule has 1 amide bonds. The topological polar surface area (TPSA) is 47.6 Å². The van der Waals surface area contributed by atoms with Crippen LogP contribution in [0.5, 0.6) is 11.5 Å². The second-order valence-corrected chi connectivity index (χ2v) is 7.17. The lowest BCUT2D eigenvalue weighted by Crippen LogP contribution is -2.34. The molecule has 1 fully saturated rings. The van der Waals surface area contributed by atoms with Gasteiger partial charge in [0.1, 0.15) is 11.6 Å². The monoisotopic (exact) mass is 389 g/mol. The zero-order chi connectivity index (χ0) is 20.1. The van der Waals surface area contributed by atoms with Crippen molar-refractivity contribution in [3.8, 4) is 11.5 Å². The lowest BCUT2D eigenvalue weighted by molar-refractivity contribution is 0.0939. The third kappa shape index (κ3) is 4.80. The average Bonchev–Trinajstić information content (AvgIpc) is 3.18. The van der Waals surface area contributed by atoms with Gasteiger partial charge in [-0.1, -0.05) is 6.07 Å². The molecule has 1 saturated carbocycles. The van der Waals surface area contributed by atoms with Gasteiger partial charge in [0.15, 0.2) is 11.5 Å². The van der Waals surface area contributed by atoms with Crippen molar-refractivity contribution in [3.05, 3.63) is 59.2 Å². The Morgan fingerprint density at radius 3 is 2.46 bits per heavy atom. The van der Waals surface area contributed by atoms with Crippen LogP contribution in [-0.4, -0.2) is 25.2 Å². The zero-order valence-electron chi connectivity index (χ0n) is 16.1. The van der Waals surface area contributed by atoms with Crippen molar-refractivity contribution in [2.24, 2.45) is 0 Å². The van der Waals surface area contributed by atoms with Crippen LogP contribution < -0.4 is 14.8 Å². The first-order valence-corrected chi connectivity index (χ1v) is 9.56. The van der Waals surface area contributed by atoms with E-state index in [0.717, 1.165) is 25.7 Å². The number of halogens is 2.